The second-order valence-corrected chi connectivity index (χ2v) is 7.70. The van der Waals surface area contributed by atoms with E-state index in [9.17, 15) is 9.59 Å². The van der Waals surface area contributed by atoms with Crippen LogP contribution in [0.1, 0.15) is 17.0 Å². The molecule has 1 aromatic heterocycles. The van der Waals surface area contributed by atoms with E-state index < -0.39 is 11.8 Å². The predicted molar refractivity (Wildman–Crippen MR) is 121 cm³/mol. The zero-order valence-electron chi connectivity index (χ0n) is 16.0. The van der Waals surface area contributed by atoms with E-state index in [-0.39, 0.29) is 0 Å². The Balaban J connectivity index is 1.71. The second kappa shape index (κ2) is 9.34. The summed E-state index contributed by atoms with van der Waals surface area (Å²) >= 11 is 18.3. The fourth-order valence-corrected chi connectivity index (χ4v) is 3.47. The van der Waals surface area contributed by atoms with Crippen molar-refractivity contribution in [3.63, 3.8) is 0 Å². The van der Waals surface area contributed by atoms with Crippen LogP contribution in [0.3, 0.4) is 0 Å². The molecule has 0 bridgehead atoms. The summed E-state index contributed by atoms with van der Waals surface area (Å²) in [4.78, 5) is 24.0. The van der Waals surface area contributed by atoms with Gasteiger partial charge in [0, 0.05) is 32.7 Å². The Labute approximate surface area is 188 Å². The standard InChI is InChI=1S/C21H17Cl3N4O2/c1-12-8-14(13(2)28(12)19-10-16(23)6-7-18(19)24)11-25-27-21(30)20(29)26-17-5-3-4-15(22)9-17/h3-11H,1-2H3,(H,26,29)(H,27,30)/b25-11-. The number of amides is 2. The predicted octanol–water partition coefficient (Wildman–Crippen LogP) is 5.14. The maximum Gasteiger partial charge on any atom is 0.329 e. The van der Waals surface area contributed by atoms with Crippen molar-refractivity contribution in [1.29, 1.82) is 0 Å². The third-order valence-electron chi connectivity index (χ3n) is 4.28. The number of nitrogens with one attached hydrogen (secondary N) is 2. The van der Waals surface area contributed by atoms with Crippen LogP contribution in [0.4, 0.5) is 5.69 Å². The van der Waals surface area contributed by atoms with Gasteiger partial charge in [-0.05, 0) is 56.3 Å². The van der Waals surface area contributed by atoms with Gasteiger partial charge in [0.1, 0.15) is 0 Å². The molecule has 0 atom stereocenters. The fourth-order valence-electron chi connectivity index (χ4n) is 2.91. The van der Waals surface area contributed by atoms with Crippen LogP contribution in [-0.4, -0.2) is 22.6 Å². The van der Waals surface area contributed by atoms with Gasteiger partial charge in [0.25, 0.3) is 0 Å². The molecule has 0 aliphatic rings. The van der Waals surface area contributed by atoms with Crippen molar-refractivity contribution < 1.29 is 9.59 Å². The van der Waals surface area contributed by atoms with Gasteiger partial charge in [-0.15, -0.1) is 0 Å². The number of hydrazone groups is 1. The highest BCUT2D eigenvalue weighted by Gasteiger charge is 2.15. The number of hydrogen-bond donors (Lipinski definition) is 2. The first-order valence-electron chi connectivity index (χ1n) is 8.80. The summed E-state index contributed by atoms with van der Waals surface area (Å²) in [5.74, 6) is -1.76. The summed E-state index contributed by atoms with van der Waals surface area (Å²) < 4.78 is 1.93. The molecule has 0 aliphatic carbocycles. The Morgan fingerprint density at radius 1 is 0.967 bits per heavy atom. The summed E-state index contributed by atoms with van der Waals surface area (Å²) in [6.07, 6.45) is 1.46. The summed E-state index contributed by atoms with van der Waals surface area (Å²) in [6.45, 7) is 3.80. The van der Waals surface area contributed by atoms with Crippen molar-refractivity contribution in [3.8, 4) is 5.69 Å². The first kappa shape index (κ1) is 21.9. The van der Waals surface area contributed by atoms with Gasteiger partial charge in [0.05, 0.1) is 16.9 Å². The summed E-state index contributed by atoms with van der Waals surface area (Å²) in [6, 6.07) is 13.6. The molecule has 0 radical (unpaired) electrons. The molecule has 0 unspecified atom stereocenters. The maximum absolute atomic E-state index is 12.0. The molecule has 2 amide bonds. The van der Waals surface area contributed by atoms with E-state index in [1.807, 2.05) is 24.5 Å². The van der Waals surface area contributed by atoms with Crippen molar-refractivity contribution in [1.82, 2.24) is 9.99 Å². The van der Waals surface area contributed by atoms with Gasteiger partial charge in [-0.1, -0.05) is 40.9 Å². The van der Waals surface area contributed by atoms with Gasteiger partial charge in [-0.3, -0.25) is 9.59 Å². The van der Waals surface area contributed by atoms with Crippen LogP contribution in [0.2, 0.25) is 15.1 Å². The van der Waals surface area contributed by atoms with Crippen LogP contribution in [0, 0.1) is 13.8 Å². The number of carbonyl (C=O) groups excluding carboxylic acids is 2. The number of nitrogens with zero attached hydrogens (tertiary/aromatic N) is 2. The van der Waals surface area contributed by atoms with Crippen molar-refractivity contribution in [2.45, 2.75) is 13.8 Å². The molecule has 2 aromatic carbocycles. The Bertz CT molecular complexity index is 1160. The van der Waals surface area contributed by atoms with Crippen molar-refractivity contribution in [2.75, 3.05) is 5.32 Å². The zero-order chi connectivity index (χ0) is 21.8. The Kier molecular flexibility index (Phi) is 6.82. The first-order valence-corrected chi connectivity index (χ1v) is 9.94. The third-order valence-corrected chi connectivity index (χ3v) is 5.07. The van der Waals surface area contributed by atoms with E-state index in [4.69, 9.17) is 34.8 Å². The Morgan fingerprint density at radius 3 is 2.43 bits per heavy atom. The van der Waals surface area contributed by atoms with Crippen LogP contribution >= 0.6 is 34.8 Å². The average molecular weight is 464 g/mol. The van der Waals surface area contributed by atoms with E-state index in [0.29, 0.717) is 20.8 Å². The number of hydrogen-bond acceptors (Lipinski definition) is 3. The SMILES string of the molecule is Cc1cc(/C=N\NC(=O)C(=O)Nc2cccc(Cl)c2)c(C)n1-c1cc(Cl)ccc1Cl. The minimum absolute atomic E-state index is 0.411. The monoisotopic (exact) mass is 462 g/mol. The molecular formula is C21H17Cl3N4O2. The number of halogens is 3. The van der Waals surface area contributed by atoms with Gasteiger partial charge >= 0.3 is 11.8 Å². The largest absolute Gasteiger partial charge is 0.329 e. The summed E-state index contributed by atoms with van der Waals surface area (Å²) in [7, 11) is 0. The molecule has 0 saturated carbocycles. The topological polar surface area (TPSA) is 75.5 Å². The van der Waals surface area contributed by atoms with Crippen LogP contribution in [-0.2, 0) is 9.59 Å². The average Bonchev–Trinajstić information content (AvgIpc) is 2.97. The number of aromatic nitrogens is 1. The summed E-state index contributed by atoms with van der Waals surface area (Å²) in [5, 5.41) is 7.90. The minimum Gasteiger partial charge on any atom is -0.318 e. The summed E-state index contributed by atoms with van der Waals surface area (Å²) in [5.41, 5.74) is 5.86. The van der Waals surface area contributed by atoms with Gasteiger partial charge in [-0.2, -0.15) is 5.10 Å². The molecule has 0 saturated heterocycles. The molecule has 3 rings (SSSR count). The molecule has 0 spiro atoms. The lowest BCUT2D eigenvalue weighted by molar-refractivity contribution is -0.136. The Hall–Kier alpha value is -2.80. The lowest BCUT2D eigenvalue weighted by Crippen LogP contribution is -2.32. The highest BCUT2D eigenvalue weighted by atomic mass is 35.5. The van der Waals surface area contributed by atoms with Crippen LogP contribution < -0.4 is 10.7 Å². The molecule has 0 fully saturated rings. The first-order chi connectivity index (χ1) is 14.3. The quantitative estimate of drug-likeness (QED) is 0.319. The van der Waals surface area contributed by atoms with Gasteiger partial charge < -0.3 is 9.88 Å². The molecule has 154 valence electrons. The molecule has 30 heavy (non-hydrogen) atoms. The van der Waals surface area contributed by atoms with Crippen molar-refractivity contribution in [3.05, 3.63) is 80.6 Å². The highest BCUT2D eigenvalue weighted by Crippen LogP contribution is 2.28. The van der Waals surface area contributed by atoms with Crippen molar-refractivity contribution >= 4 is 58.5 Å². The van der Waals surface area contributed by atoms with Crippen LogP contribution in [0.5, 0.6) is 0 Å². The van der Waals surface area contributed by atoms with Gasteiger partial charge in [0.15, 0.2) is 0 Å². The zero-order valence-corrected chi connectivity index (χ0v) is 18.3. The molecule has 3 aromatic rings. The van der Waals surface area contributed by atoms with Crippen molar-refractivity contribution in [2.24, 2.45) is 5.10 Å². The Morgan fingerprint density at radius 2 is 1.70 bits per heavy atom. The van der Waals surface area contributed by atoms with E-state index in [2.05, 4.69) is 15.8 Å². The number of carbonyl (C=O) groups is 2. The van der Waals surface area contributed by atoms with E-state index in [1.54, 1.807) is 36.4 Å². The number of benzene rings is 2. The normalized spacial score (nSPS) is 11.0. The fraction of sp³-hybridized carbons (Fsp3) is 0.0952. The number of aryl methyl sites for hydroxylation is 1. The van der Waals surface area contributed by atoms with E-state index in [0.717, 1.165) is 22.6 Å². The maximum atomic E-state index is 12.0. The van der Waals surface area contributed by atoms with Gasteiger partial charge in [-0.25, -0.2) is 5.43 Å². The van der Waals surface area contributed by atoms with Crippen LogP contribution in [0.15, 0.2) is 53.6 Å². The van der Waals surface area contributed by atoms with Crippen LogP contribution in [0.25, 0.3) is 5.69 Å². The molecule has 9 heteroatoms. The molecule has 0 aliphatic heterocycles. The second-order valence-electron chi connectivity index (χ2n) is 6.42. The third kappa shape index (κ3) is 5.02. The minimum atomic E-state index is -0.905. The van der Waals surface area contributed by atoms with E-state index >= 15 is 0 Å². The lowest BCUT2D eigenvalue weighted by Gasteiger charge is -2.12. The highest BCUT2D eigenvalue weighted by molar-refractivity contribution is 6.40. The molecular weight excluding hydrogens is 447 g/mol. The molecule has 1 heterocycles. The smallest absolute Gasteiger partial charge is 0.318 e. The van der Waals surface area contributed by atoms with E-state index in [1.165, 1.54) is 12.3 Å². The number of rotatable bonds is 4. The molecule has 2 N–H and O–H groups in total. The van der Waals surface area contributed by atoms with Gasteiger partial charge in [0.2, 0.25) is 0 Å². The molecule has 6 nitrogen and oxygen atoms in total. The number of anilines is 1. The lowest BCUT2D eigenvalue weighted by atomic mass is 10.2.